The van der Waals surface area contributed by atoms with Gasteiger partial charge in [-0.1, -0.05) is 12.5 Å². The Bertz CT molecular complexity index is 1040. The number of nitrogens with one attached hydrogen (secondary N) is 2. The monoisotopic (exact) mass is 439 g/mol. The number of methoxy groups -OCH3 is 1. The minimum atomic E-state index is -0.767. The summed E-state index contributed by atoms with van der Waals surface area (Å²) in [4.78, 5) is 26.2. The molecule has 2 heterocycles. The van der Waals surface area contributed by atoms with Crippen LogP contribution in [0.2, 0.25) is 0 Å². The second kappa shape index (κ2) is 9.50. The van der Waals surface area contributed by atoms with Gasteiger partial charge in [-0.2, -0.15) is 5.26 Å². The first-order valence-electron chi connectivity index (χ1n) is 10.5. The van der Waals surface area contributed by atoms with Crippen molar-refractivity contribution in [3.63, 3.8) is 0 Å². The Hall–Kier alpha value is -2.89. The van der Waals surface area contributed by atoms with Gasteiger partial charge in [-0.25, -0.2) is 4.79 Å². The number of hydrogen-bond donors (Lipinski definition) is 2. The summed E-state index contributed by atoms with van der Waals surface area (Å²) >= 11 is 1.50. The zero-order valence-electron chi connectivity index (χ0n) is 17.5. The number of benzene rings is 1. The molecule has 1 aliphatic carbocycles. The minimum absolute atomic E-state index is 0.0826. The van der Waals surface area contributed by atoms with Crippen LogP contribution in [0.25, 0.3) is 0 Å². The van der Waals surface area contributed by atoms with E-state index >= 15 is 0 Å². The molecular weight excluding hydrogens is 414 g/mol. The van der Waals surface area contributed by atoms with Gasteiger partial charge in [0.25, 0.3) is 0 Å². The van der Waals surface area contributed by atoms with Crippen molar-refractivity contribution in [2.45, 2.75) is 44.6 Å². The molecule has 0 fully saturated rings. The van der Waals surface area contributed by atoms with Crippen LogP contribution >= 0.6 is 11.3 Å². The quantitative estimate of drug-likeness (QED) is 0.529. The summed E-state index contributed by atoms with van der Waals surface area (Å²) in [5.41, 5.74) is 3.43. The molecule has 7 nitrogen and oxygen atoms in total. The van der Waals surface area contributed by atoms with Crippen LogP contribution in [-0.2, 0) is 33.6 Å². The molecule has 1 aromatic carbocycles. The van der Waals surface area contributed by atoms with E-state index in [0.717, 1.165) is 54.5 Å². The van der Waals surface area contributed by atoms with Crippen LogP contribution in [0.4, 0.5) is 5.00 Å². The van der Waals surface area contributed by atoms with Crippen molar-refractivity contribution < 1.29 is 19.1 Å². The molecule has 1 amide bonds. The lowest BCUT2D eigenvalue weighted by molar-refractivity contribution is -0.143. The predicted molar refractivity (Wildman–Crippen MR) is 117 cm³/mol. The van der Waals surface area contributed by atoms with Crippen LogP contribution in [-0.4, -0.2) is 32.1 Å². The second-order valence-corrected chi connectivity index (χ2v) is 8.84. The Labute approximate surface area is 185 Å². The Kier molecular flexibility index (Phi) is 6.54. The minimum Gasteiger partial charge on any atom is -0.493 e. The SMILES string of the molecule is COC(=O)C(NCC(=O)Nc1sc2c(c1C#N)CCCCC2)c1ccc2c(c1)CCO2. The number of ether oxygens (including phenoxy) is 2. The number of fused-ring (bicyclic) bond motifs is 2. The van der Waals surface area contributed by atoms with Gasteiger partial charge in [-0.3, -0.25) is 10.1 Å². The fourth-order valence-corrected chi connectivity index (χ4v) is 5.41. The Morgan fingerprint density at radius 1 is 1.26 bits per heavy atom. The van der Waals surface area contributed by atoms with Crippen molar-refractivity contribution in [1.82, 2.24) is 5.32 Å². The first-order valence-corrected chi connectivity index (χ1v) is 11.3. The number of anilines is 1. The van der Waals surface area contributed by atoms with E-state index in [1.807, 2.05) is 12.1 Å². The van der Waals surface area contributed by atoms with Gasteiger partial charge in [0.1, 0.15) is 22.9 Å². The topological polar surface area (TPSA) is 100 Å². The van der Waals surface area contributed by atoms with Gasteiger partial charge in [0.15, 0.2) is 0 Å². The molecule has 4 rings (SSSR count). The second-order valence-electron chi connectivity index (χ2n) is 7.73. The fraction of sp³-hybridized carbons (Fsp3) is 0.435. The van der Waals surface area contributed by atoms with E-state index in [1.54, 1.807) is 6.07 Å². The number of thiophene rings is 1. The van der Waals surface area contributed by atoms with E-state index in [1.165, 1.54) is 29.7 Å². The van der Waals surface area contributed by atoms with Gasteiger partial charge in [0, 0.05) is 11.3 Å². The number of rotatable bonds is 6. The molecular formula is C23H25N3O4S. The fourth-order valence-electron chi connectivity index (χ4n) is 4.16. The van der Waals surface area contributed by atoms with Crippen molar-refractivity contribution in [3.8, 4) is 11.8 Å². The largest absolute Gasteiger partial charge is 0.493 e. The highest BCUT2D eigenvalue weighted by Crippen LogP contribution is 2.37. The van der Waals surface area contributed by atoms with Gasteiger partial charge >= 0.3 is 5.97 Å². The van der Waals surface area contributed by atoms with Gasteiger partial charge in [-0.05, 0) is 54.5 Å². The highest BCUT2D eigenvalue weighted by molar-refractivity contribution is 7.16. The van der Waals surface area contributed by atoms with Crippen molar-refractivity contribution in [1.29, 1.82) is 5.26 Å². The maximum Gasteiger partial charge on any atom is 0.327 e. The Morgan fingerprint density at radius 3 is 2.90 bits per heavy atom. The number of aryl methyl sites for hydroxylation is 1. The Morgan fingerprint density at radius 2 is 2.10 bits per heavy atom. The summed E-state index contributed by atoms with van der Waals surface area (Å²) in [6.45, 7) is 0.546. The van der Waals surface area contributed by atoms with Crippen molar-refractivity contribution in [3.05, 3.63) is 45.3 Å². The molecule has 0 radical (unpaired) electrons. The third-order valence-electron chi connectivity index (χ3n) is 5.74. The van der Waals surface area contributed by atoms with Crippen molar-refractivity contribution in [2.75, 3.05) is 25.6 Å². The highest BCUT2D eigenvalue weighted by atomic mass is 32.1. The van der Waals surface area contributed by atoms with Crippen LogP contribution in [0.5, 0.6) is 5.75 Å². The molecule has 0 spiro atoms. The summed E-state index contributed by atoms with van der Waals surface area (Å²) in [6.07, 6.45) is 5.98. The first-order chi connectivity index (χ1) is 15.1. The summed E-state index contributed by atoms with van der Waals surface area (Å²) in [6, 6.07) is 7.06. The van der Waals surface area contributed by atoms with Crippen LogP contribution in [0.1, 0.15) is 52.4 Å². The molecule has 0 saturated carbocycles. The first kappa shape index (κ1) is 21.3. The predicted octanol–water partition coefficient (Wildman–Crippen LogP) is 3.27. The third kappa shape index (κ3) is 4.58. The molecule has 31 heavy (non-hydrogen) atoms. The summed E-state index contributed by atoms with van der Waals surface area (Å²) in [5, 5.41) is 16.1. The summed E-state index contributed by atoms with van der Waals surface area (Å²) in [7, 11) is 1.32. The Balaban J connectivity index is 1.45. The van der Waals surface area contributed by atoms with Gasteiger partial charge < -0.3 is 14.8 Å². The van der Waals surface area contributed by atoms with E-state index in [9.17, 15) is 14.9 Å². The zero-order chi connectivity index (χ0) is 21.8. The van der Waals surface area contributed by atoms with E-state index < -0.39 is 12.0 Å². The van der Waals surface area contributed by atoms with Gasteiger partial charge in [0.2, 0.25) is 5.91 Å². The van der Waals surface area contributed by atoms with Crippen LogP contribution in [0.3, 0.4) is 0 Å². The number of carbonyl (C=O) groups excluding carboxylic acids is 2. The third-order valence-corrected chi connectivity index (χ3v) is 6.94. The van der Waals surface area contributed by atoms with Gasteiger partial charge in [-0.15, -0.1) is 11.3 Å². The lowest BCUT2D eigenvalue weighted by atomic mass is 10.0. The normalized spacial score (nSPS) is 15.6. The van der Waals surface area contributed by atoms with Crippen LogP contribution in [0, 0.1) is 11.3 Å². The number of hydrogen-bond acceptors (Lipinski definition) is 7. The number of carbonyl (C=O) groups is 2. The van der Waals surface area contributed by atoms with Crippen LogP contribution in [0.15, 0.2) is 18.2 Å². The van der Waals surface area contributed by atoms with E-state index in [-0.39, 0.29) is 12.5 Å². The molecule has 1 aliphatic heterocycles. The van der Waals surface area contributed by atoms with E-state index in [0.29, 0.717) is 17.2 Å². The smallest absolute Gasteiger partial charge is 0.327 e. The standard InChI is InChI=1S/C23H25N3O4S/c1-29-23(28)21(15-7-8-18-14(11-15)9-10-30-18)25-13-20(27)26-22-17(12-24)16-5-3-2-4-6-19(16)31-22/h7-8,11,21,25H,2-6,9-10,13H2,1H3,(H,26,27). The molecule has 0 bridgehead atoms. The lowest BCUT2D eigenvalue weighted by Crippen LogP contribution is -2.35. The molecule has 0 saturated heterocycles. The zero-order valence-corrected chi connectivity index (χ0v) is 18.3. The maximum absolute atomic E-state index is 12.6. The van der Waals surface area contributed by atoms with Crippen molar-refractivity contribution in [2.24, 2.45) is 0 Å². The lowest BCUT2D eigenvalue weighted by Gasteiger charge is -2.17. The molecule has 2 aliphatic rings. The summed E-state index contributed by atoms with van der Waals surface area (Å²) < 4.78 is 10.5. The van der Waals surface area contributed by atoms with E-state index in [4.69, 9.17) is 9.47 Å². The molecule has 1 aromatic heterocycles. The average Bonchev–Trinajstić information content (AvgIpc) is 3.30. The number of nitrogens with zero attached hydrogens (tertiary/aromatic N) is 1. The maximum atomic E-state index is 12.6. The van der Waals surface area contributed by atoms with Crippen LogP contribution < -0.4 is 15.4 Å². The average molecular weight is 440 g/mol. The molecule has 8 heteroatoms. The number of amides is 1. The molecule has 2 N–H and O–H groups in total. The summed E-state index contributed by atoms with van der Waals surface area (Å²) in [5.74, 6) is 0.0603. The molecule has 1 unspecified atom stereocenters. The number of nitriles is 1. The van der Waals surface area contributed by atoms with E-state index in [2.05, 4.69) is 16.7 Å². The molecule has 162 valence electrons. The van der Waals surface area contributed by atoms with Gasteiger partial charge in [0.05, 0.1) is 25.8 Å². The highest BCUT2D eigenvalue weighted by Gasteiger charge is 2.25. The molecule has 2 aromatic rings. The van der Waals surface area contributed by atoms with Crippen molar-refractivity contribution >= 4 is 28.2 Å². The molecule has 1 atom stereocenters. The number of esters is 1.